The van der Waals surface area contributed by atoms with Crippen LogP contribution < -0.4 is 0 Å². The van der Waals surface area contributed by atoms with Crippen LogP contribution in [-0.2, 0) is 0 Å². The second-order valence-corrected chi connectivity index (χ2v) is 11.9. The topological polar surface area (TPSA) is 0 Å². The van der Waals surface area contributed by atoms with Gasteiger partial charge in [0.1, 0.15) is 0 Å². The molecule has 0 aliphatic rings. The molecule has 0 spiro atoms. The second-order valence-electron chi connectivity index (χ2n) is 5.05. The van der Waals surface area contributed by atoms with E-state index < -0.39 is 8.07 Å². The number of rotatable bonds is 3. The molecule has 0 amide bonds. The van der Waals surface area contributed by atoms with Gasteiger partial charge in [-0.3, -0.25) is 0 Å². The molecular formula is C10H20Br2Si. The molecule has 0 heterocycles. The summed E-state index contributed by atoms with van der Waals surface area (Å²) in [4.78, 5) is 2.00. The molecule has 0 bridgehead atoms. The molecule has 0 radical (unpaired) electrons. The van der Waals surface area contributed by atoms with E-state index in [-0.39, 0.29) is 0 Å². The van der Waals surface area contributed by atoms with Crippen LogP contribution in [0.1, 0.15) is 20.8 Å². The van der Waals surface area contributed by atoms with Gasteiger partial charge in [-0.15, -0.1) is 0 Å². The summed E-state index contributed by atoms with van der Waals surface area (Å²) in [5.41, 5.74) is 0.701. The maximum Gasteiger partial charge on any atom is 0.0608 e. The molecule has 0 aromatic carbocycles. The van der Waals surface area contributed by atoms with Crippen LogP contribution in [0.3, 0.4) is 0 Å². The van der Waals surface area contributed by atoms with E-state index in [2.05, 4.69) is 71.8 Å². The summed E-state index contributed by atoms with van der Waals surface area (Å²) in [6.07, 6.45) is 2.28. The van der Waals surface area contributed by atoms with Gasteiger partial charge in [0.15, 0.2) is 0 Å². The minimum atomic E-state index is -1.22. The van der Waals surface area contributed by atoms with Crippen molar-refractivity contribution in [1.82, 2.24) is 0 Å². The van der Waals surface area contributed by atoms with Crippen LogP contribution in [0.4, 0.5) is 0 Å². The Morgan fingerprint density at radius 1 is 1.31 bits per heavy atom. The molecule has 0 aromatic heterocycles. The molecule has 0 aliphatic carbocycles. The molecule has 0 saturated heterocycles. The summed E-state index contributed by atoms with van der Waals surface area (Å²) in [6.45, 7) is 12.0. The van der Waals surface area contributed by atoms with E-state index in [1.54, 1.807) is 0 Å². The van der Waals surface area contributed by atoms with Crippen molar-refractivity contribution in [1.29, 1.82) is 0 Å². The number of halogens is 2. The Morgan fingerprint density at radius 2 is 1.77 bits per heavy atom. The minimum absolute atomic E-state index is 0.456. The van der Waals surface area contributed by atoms with Crippen molar-refractivity contribution in [3.05, 3.63) is 11.1 Å². The first-order valence-electron chi connectivity index (χ1n) is 4.60. The van der Waals surface area contributed by atoms with E-state index in [4.69, 9.17) is 0 Å². The Hall–Kier alpha value is 0.917. The third kappa shape index (κ3) is 3.52. The van der Waals surface area contributed by atoms with Crippen molar-refractivity contribution in [2.45, 2.75) is 44.4 Å². The molecular weight excluding hydrogens is 308 g/mol. The van der Waals surface area contributed by atoms with Crippen LogP contribution in [-0.4, -0.2) is 13.4 Å². The highest BCUT2D eigenvalue weighted by Gasteiger charge is 2.40. The lowest BCUT2D eigenvalue weighted by atomic mass is 10.2. The Balaban J connectivity index is 4.77. The van der Waals surface area contributed by atoms with Crippen LogP contribution in [0.15, 0.2) is 11.1 Å². The van der Waals surface area contributed by atoms with E-state index >= 15 is 0 Å². The molecule has 3 heteroatoms. The van der Waals surface area contributed by atoms with Crippen molar-refractivity contribution in [3.63, 3.8) is 0 Å². The quantitative estimate of drug-likeness (QED) is 0.495. The van der Waals surface area contributed by atoms with Crippen molar-refractivity contribution < 1.29 is 0 Å². The highest BCUT2D eigenvalue weighted by Crippen LogP contribution is 2.44. The monoisotopic (exact) mass is 326 g/mol. The molecule has 0 rings (SSSR count). The van der Waals surface area contributed by atoms with E-state index in [1.165, 1.54) is 0 Å². The maximum absolute atomic E-state index is 3.61. The predicted octanol–water partition coefficient (Wildman–Crippen LogP) is 5.17. The molecule has 0 aliphatic heterocycles. The molecule has 0 nitrogen and oxygen atoms in total. The largest absolute Gasteiger partial charge is 0.0925 e. The number of alkyl halides is 1. The highest BCUT2D eigenvalue weighted by atomic mass is 79.9. The third-order valence-electron chi connectivity index (χ3n) is 3.33. The van der Waals surface area contributed by atoms with Gasteiger partial charge in [0, 0.05) is 5.33 Å². The molecule has 1 unspecified atom stereocenters. The van der Waals surface area contributed by atoms with E-state index in [1.807, 2.05) is 4.99 Å². The lowest BCUT2D eigenvalue weighted by molar-refractivity contribution is 0.706. The first-order valence-corrected chi connectivity index (χ1v) is 9.71. The SMILES string of the molecule is CC(C)(C)[Si](C)(C)C(C=CBr)CBr. The average Bonchev–Trinajstić information content (AvgIpc) is 1.97. The summed E-state index contributed by atoms with van der Waals surface area (Å²) in [5, 5.41) is 1.53. The normalized spacial score (nSPS) is 16.5. The van der Waals surface area contributed by atoms with Gasteiger partial charge in [-0.25, -0.2) is 0 Å². The second kappa shape index (κ2) is 5.13. The van der Waals surface area contributed by atoms with Gasteiger partial charge in [-0.1, -0.05) is 71.8 Å². The van der Waals surface area contributed by atoms with Gasteiger partial charge >= 0.3 is 0 Å². The van der Waals surface area contributed by atoms with Gasteiger partial charge in [0.2, 0.25) is 0 Å². The Labute approximate surface area is 100 Å². The molecule has 1 atom stereocenters. The van der Waals surface area contributed by atoms with Crippen molar-refractivity contribution in [2.75, 3.05) is 5.33 Å². The lowest BCUT2D eigenvalue weighted by Crippen LogP contribution is -2.42. The van der Waals surface area contributed by atoms with Gasteiger partial charge in [-0.2, -0.15) is 0 Å². The maximum atomic E-state index is 3.61. The van der Waals surface area contributed by atoms with Crippen LogP contribution in [0.2, 0.25) is 23.7 Å². The summed E-state index contributed by atoms with van der Waals surface area (Å²) in [5.74, 6) is 0. The molecule has 78 valence electrons. The average molecular weight is 328 g/mol. The predicted molar refractivity (Wildman–Crippen MR) is 72.8 cm³/mol. The van der Waals surface area contributed by atoms with E-state index in [9.17, 15) is 0 Å². The molecule has 0 N–H and O–H groups in total. The Bertz CT molecular complexity index is 180. The first-order chi connectivity index (χ1) is 5.77. The van der Waals surface area contributed by atoms with Crippen LogP contribution in [0.25, 0.3) is 0 Å². The number of allylic oxidation sites excluding steroid dienone is 1. The standard InChI is InChI=1S/C10H20Br2Si/c1-10(2,3)13(4,5)9(8-12)6-7-11/h6-7,9H,8H2,1-5H3. The van der Waals surface area contributed by atoms with Gasteiger partial charge in [0.25, 0.3) is 0 Å². The zero-order valence-electron chi connectivity index (χ0n) is 9.20. The van der Waals surface area contributed by atoms with Gasteiger partial charge < -0.3 is 0 Å². The lowest BCUT2D eigenvalue weighted by Gasteiger charge is -2.41. The molecule has 13 heavy (non-hydrogen) atoms. The number of hydrogen-bond donors (Lipinski definition) is 0. The number of hydrogen-bond acceptors (Lipinski definition) is 0. The van der Waals surface area contributed by atoms with E-state index in [0.29, 0.717) is 10.6 Å². The summed E-state index contributed by atoms with van der Waals surface area (Å²) in [6, 6.07) is 0. The van der Waals surface area contributed by atoms with Gasteiger partial charge in [-0.05, 0) is 15.6 Å². The van der Waals surface area contributed by atoms with Crippen LogP contribution in [0, 0.1) is 0 Å². The van der Waals surface area contributed by atoms with Crippen molar-refractivity contribution in [2.24, 2.45) is 0 Å². The van der Waals surface area contributed by atoms with Crippen molar-refractivity contribution >= 4 is 39.9 Å². The van der Waals surface area contributed by atoms with Crippen LogP contribution >= 0.6 is 31.9 Å². The summed E-state index contributed by atoms with van der Waals surface area (Å²) >= 11 is 6.98. The fraction of sp³-hybridized carbons (Fsp3) is 0.800. The molecule has 0 aromatic rings. The zero-order valence-corrected chi connectivity index (χ0v) is 13.4. The summed E-state index contributed by atoms with van der Waals surface area (Å²) in [7, 11) is -1.22. The smallest absolute Gasteiger partial charge is 0.0608 e. The zero-order chi connectivity index (χ0) is 10.7. The van der Waals surface area contributed by atoms with Crippen LogP contribution in [0.5, 0.6) is 0 Å². The molecule has 0 saturated carbocycles. The minimum Gasteiger partial charge on any atom is -0.0925 e. The Kier molecular flexibility index (Phi) is 5.49. The van der Waals surface area contributed by atoms with Crippen molar-refractivity contribution in [3.8, 4) is 0 Å². The fourth-order valence-electron chi connectivity index (χ4n) is 1.13. The highest BCUT2D eigenvalue weighted by molar-refractivity contribution is 9.11. The Morgan fingerprint density at radius 3 is 2.00 bits per heavy atom. The first kappa shape index (κ1) is 13.9. The van der Waals surface area contributed by atoms with Gasteiger partial charge in [0.05, 0.1) is 8.07 Å². The molecule has 0 fully saturated rings. The fourth-order valence-corrected chi connectivity index (χ4v) is 6.50. The van der Waals surface area contributed by atoms with E-state index in [0.717, 1.165) is 5.33 Å². The third-order valence-corrected chi connectivity index (χ3v) is 11.0. The summed E-state index contributed by atoms with van der Waals surface area (Å²) < 4.78 is 0.